The quantitative estimate of drug-likeness (QED) is 0.473. The molecule has 0 saturated carbocycles. The van der Waals surface area contributed by atoms with Crippen LogP contribution in [-0.2, 0) is 0 Å². The van der Waals surface area contributed by atoms with Crippen LogP contribution in [-0.4, -0.2) is 41.9 Å². The molecule has 0 aromatic heterocycles. The van der Waals surface area contributed by atoms with Crippen LogP contribution in [0.4, 0.5) is 0 Å². The number of aliphatic hydroxyl groups is 1. The van der Waals surface area contributed by atoms with Crippen molar-refractivity contribution in [2.24, 2.45) is 0 Å². The lowest BCUT2D eigenvalue weighted by Gasteiger charge is -2.34. The van der Waals surface area contributed by atoms with E-state index in [1.807, 2.05) is 0 Å². The minimum absolute atomic E-state index is 0.267. The molecule has 58 valence electrons. The van der Waals surface area contributed by atoms with E-state index in [9.17, 15) is 5.11 Å². The van der Waals surface area contributed by atoms with Crippen LogP contribution >= 0.6 is 0 Å². The number of hydrogen-bond donors (Lipinski definition) is 2. The number of nitrogens with zero attached hydrogens (tertiary/aromatic N) is 1. The van der Waals surface area contributed by atoms with Crippen molar-refractivity contribution in [3.8, 4) is 0 Å². The van der Waals surface area contributed by atoms with E-state index in [1.165, 1.54) is 13.0 Å². The Morgan fingerprint density at radius 2 is 2.30 bits per heavy atom. The third-order valence-corrected chi connectivity index (χ3v) is 2.53. The summed E-state index contributed by atoms with van der Waals surface area (Å²) < 4.78 is 0. The summed E-state index contributed by atoms with van der Waals surface area (Å²) in [5, 5.41) is 12.5. The minimum Gasteiger partial charge on any atom is -0.377 e. The fraction of sp³-hybridized carbons (Fsp3) is 1.00. The van der Waals surface area contributed by atoms with E-state index < -0.39 is 0 Å². The number of hydrogen-bond acceptors (Lipinski definition) is 3. The van der Waals surface area contributed by atoms with Gasteiger partial charge in [-0.05, 0) is 19.4 Å². The maximum Gasteiger partial charge on any atom is 0.120 e. The Hall–Kier alpha value is -0.120. The predicted molar refractivity (Wildman–Crippen MR) is 38.6 cm³/mol. The van der Waals surface area contributed by atoms with E-state index in [0.29, 0.717) is 6.04 Å². The van der Waals surface area contributed by atoms with Crippen LogP contribution in [0.15, 0.2) is 0 Å². The molecule has 2 heterocycles. The maximum atomic E-state index is 9.43. The highest BCUT2D eigenvalue weighted by Gasteiger charge is 2.32. The molecule has 0 amide bonds. The first-order valence-electron chi connectivity index (χ1n) is 4.03. The van der Waals surface area contributed by atoms with Gasteiger partial charge >= 0.3 is 0 Å². The van der Waals surface area contributed by atoms with Gasteiger partial charge in [0.2, 0.25) is 0 Å². The summed E-state index contributed by atoms with van der Waals surface area (Å²) >= 11 is 0. The number of rotatable bonds is 0. The largest absolute Gasteiger partial charge is 0.377 e. The Morgan fingerprint density at radius 1 is 1.40 bits per heavy atom. The van der Waals surface area contributed by atoms with E-state index in [4.69, 9.17) is 0 Å². The monoisotopic (exact) mass is 142 g/mol. The number of nitrogens with one attached hydrogen (secondary N) is 1. The number of aliphatic hydroxyl groups excluding tert-OH is 1. The zero-order valence-corrected chi connectivity index (χ0v) is 6.08. The summed E-state index contributed by atoms with van der Waals surface area (Å²) in [7, 11) is 0. The Bertz CT molecular complexity index is 129. The molecule has 2 unspecified atom stereocenters. The molecule has 0 bridgehead atoms. The van der Waals surface area contributed by atoms with Crippen LogP contribution in [0.25, 0.3) is 0 Å². The summed E-state index contributed by atoms with van der Waals surface area (Å²) in [5.74, 6) is 0. The van der Waals surface area contributed by atoms with Crippen molar-refractivity contribution in [2.45, 2.75) is 25.1 Å². The molecule has 0 spiro atoms. The average molecular weight is 142 g/mol. The lowest BCUT2D eigenvalue weighted by molar-refractivity contribution is 0.0187. The first-order valence-corrected chi connectivity index (χ1v) is 4.03. The lowest BCUT2D eigenvalue weighted by Crippen LogP contribution is -2.54. The van der Waals surface area contributed by atoms with Gasteiger partial charge in [0, 0.05) is 19.1 Å². The van der Waals surface area contributed by atoms with Crippen molar-refractivity contribution in [3.63, 3.8) is 0 Å². The van der Waals surface area contributed by atoms with Crippen LogP contribution in [0.2, 0.25) is 0 Å². The molecule has 2 fully saturated rings. The van der Waals surface area contributed by atoms with E-state index in [1.54, 1.807) is 0 Å². The summed E-state index contributed by atoms with van der Waals surface area (Å²) in [5.41, 5.74) is 0. The van der Waals surface area contributed by atoms with Gasteiger partial charge in [0.1, 0.15) is 6.23 Å². The van der Waals surface area contributed by atoms with Gasteiger partial charge in [-0.3, -0.25) is 10.2 Å². The normalized spacial score (nSPS) is 41.7. The van der Waals surface area contributed by atoms with E-state index in [0.717, 1.165) is 19.5 Å². The molecule has 2 aliphatic heterocycles. The Kier molecular flexibility index (Phi) is 1.64. The van der Waals surface area contributed by atoms with Gasteiger partial charge in [-0.15, -0.1) is 0 Å². The van der Waals surface area contributed by atoms with Gasteiger partial charge in [0.15, 0.2) is 0 Å². The standard InChI is InChI=1S/C7H14N2O/c10-7-6-2-1-4-9(6)5-3-8-7/h6-8,10H,1-5H2. The summed E-state index contributed by atoms with van der Waals surface area (Å²) in [6.07, 6.45) is 2.15. The summed E-state index contributed by atoms with van der Waals surface area (Å²) in [6, 6.07) is 0.411. The van der Waals surface area contributed by atoms with Gasteiger partial charge in [-0.25, -0.2) is 0 Å². The lowest BCUT2D eigenvalue weighted by atomic mass is 10.1. The third kappa shape index (κ3) is 0.944. The van der Waals surface area contributed by atoms with Gasteiger partial charge in [-0.2, -0.15) is 0 Å². The minimum atomic E-state index is -0.267. The van der Waals surface area contributed by atoms with E-state index in [-0.39, 0.29) is 6.23 Å². The highest BCUT2D eigenvalue weighted by molar-refractivity contribution is 4.87. The Labute approximate surface area is 61.0 Å². The summed E-state index contributed by atoms with van der Waals surface area (Å²) in [4.78, 5) is 2.38. The molecule has 2 aliphatic rings. The molecule has 2 atom stereocenters. The van der Waals surface area contributed by atoms with Crippen molar-refractivity contribution < 1.29 is 5.11 Å². The van der Waals surface area contributed by atoms with Crippen LogP contribution < -0.4 is 5.32 Å². The molecule has 2 rings (SSSR count). The van der Waals surface area contributed by atoms with Crippen molar-refractivity contribution >= 4 is 0 Å². The van der Waals surface area contributed by atoms with E-state index in [2.05, 4.69) is 10.2 Å². The molecule has 2 N–H and O–H groups in total. The van der Waals surface area contributed by atoms with Crippen LogP contribution in [0.5, 0.6) is 0 Å². The first-order chi connectivity index (χ1) is 4.88. The zero-order chi connectivity index (χ0) is 6.97. The first kappa shape index (κ1) is 6.58. The molecular weight excluding hydrogens is 128 g/mol. The third-order valence-electron chi connectivity index (χ3n) is 2.53. The molecule has 0 aromatic rings. The predicted octanol–water partition coefficient (Wildman–Crippen LogP) is -0.628. The maximum absolute atomic E-state index is 9.43. The summed E-state index contributed by atoms with van der Waals surface area (Å²) in [6.45, 7) is 3.24. The molecule has 0 aromatic carbocycles. The Balaban J connectivity index is 2.03. The van der Waals surface area contributed by atoms with Crippen molar-refractivity contribution in [1.29, 1.82) is 0 Å². The van der Waals surface area contributed by atoms with Crippen molar-refractivity contribution in [3.05, 3.63) is 0 Å². The second kappa shape index (κ2) is 2.49. The molecule has 3 heteroatoms. The van der Waals surface area contributed by atoms with Crippen molar-refractivity contribution in [2.75, 3.05) is 19.6 Å². The second-order valence-corrected chi connectivity index (χ2v) is 3.14. The van der Waals surface area contributed by atoms with Gasteiger partial charge in [0.05, 0.1) is 0 Å². The molecule has 3 nitrogen and oxygen atoms in total. The average Bonchev–Trinajstić information content (AvgIpc) is 2.36. The second-order valence-electron chi connectivity index (χ2n) is 3.14. The zero-order valence-electron chi connectivity index (χ0n) is 6.08. The van der Waals surface area contributed by atoms with Gasteiger partial charge in [-0.1, -0.05) is 0 Å². The topological polar surface area (TPSA) is 35.5 Å². The molecule has 10 heavy (non-hydrogen) atoms. The fourth-order valence-corrected chi connectivity index (χ4v) is 1.98. The highest BCUT2D eigenvalue weighted by Crippen LogP contribution is 2.20. The highest BCUT2D eigenvalue weighted by atomic mass is 16.3. The van der Waals surface area contributed by atoms with Gasteiger partial charge < -0.3 is 5.11 Å². The van der Waals surface area contributed by atoms with Crippen LogP contribution in [0, 0.1) is 0 Å². The fourth-order valence-electron chi connectivity index (χ4n) is 1.98. The molecule has 2 saturated heterocycles. The SMILES string of the molecule is OC1NCCN2CCCC12. The van der Waals surface area contributed by atoms with Crippen molar-refractivity contribution in [1.82, 2.24) is 10.2 Å². The number of piperazine rings is 1. The van der Waals surface area contributed by atoms with Gasteiger partial charge in [0.25, 0.3) is 0 Å². The number of fused-ring (bicyclic) bond motifs is 1. The Morgan fingerprint density at radius 3 is 3.10 bits per heavy atom. The molecule has 0 radical (unpaired) electrons. The van der Waals surface area contributed by atoms with Crippen LogP contribution in [0.3, 0.4) is 0 Å². The molecule has 0 aliphatic carbocycles. The van der Waals surface area contributed by atoms with E-state index >= 15 is 0 Å². The smallest absolute Gasteiger partial charge is 0.120 e. The molecular formula is C7H14N2O. The van der Waals surface area contributed by atoms with Crippen LogP contribution in [0.1, 0.15) is 12.8 Å².